The van der Waals surface area contributed by atoms with Crippen molar-refractivity contribution in [3.05, 3.63) is 46.3 Å². The van der Waals surface area contributed by atoms with Gasteiger partial charge >= 0.3 is 0 Å². The molecule has 0 atom stereocenters. The summed E-state index contributed by atoms with van der Waals surface area (Å²) in [7, 11) is 0. The molecule has 2 nitrogen and oxygen atoms in total. The van der Waals surface area contributed by atoms with Crippen LogP contribution in [0.1, 0.15) is 11.4 Å². The molecular weight excluding hydrogens is 252 g/mol. The fourth-order valence-corrected chi connectivity index (χ4v) is 1.93. The molecule has 1 aromatic carbocycles. The standard InChI is InChI=1S/C12H11BrN2/c1-8-7-14-9(2)15-12(8)10-5-3-4-6-11(10)13/h3-7H,1-2H3. The first-order valence-electron chi connectivity index (χ1n) is 4.73. The molecular formula is C12H11BrN2. The van der Waals surface area contributed by atoms with Crippen molar-refractivity contribution in [1.29, 1.82) is 0 Å². The molecule has 2 rings (SSSR count). The van der Waals surface area contributed by atoms with E-state index in [4.69, 9.17) is 0 Å². The second kappa shape index (κ2) is 4.11. The molecule has 0 aliphatic heterocycles. The number of nitrogens with zero attached hydrogens (tertiary/aromatic N) is 2. The lowest BCUT2D eigenvalue weighted by Crippen LogP contribution is -1.94. The number of hydrogen-bond donors (Lipinski definition) is 0. The van der Waals surface area contributed by atoms with Crippen molar-refractivity contribution >= 4 is 15.9 Å². The van der Waals surface area contributed by atoms with E-state index in [2.05, 4.69) is 32.0 Å². The summed E-state index contributed by atoms with van der Waals surface area (Å²) in [6.45, 7) is 3.92. The highest BCUT2D eigenvalue weighted by molar-refractivity contribution is 9.10. The van der Waals surface area contributed by atoms with Crippen molar-refractivity contribution in [1.82, 2.24) is 9.97 Å². The van der Waals surface area contributed by atoms with Crippen LogP contribution >= 0.6 is 15.9 Å². The number of rotatable bonds is 1. The van der Waals surface area contributed by atoms with E-state index in [0.29, 0.717) is 0 Å². The van der Waals surface area contributed by atoms with E-state index in [1.54, 1.807) is 0 Å². The zero-order valence-electron chi connectivity index (χ0n) is 8.66. The Morgan fingerprint density at radius 1 is 1.13 bits per heavy atom. The smallest absolute Gasteiger partial charge is 0.125 e. The van der Waals surface area contributed by atoms with Gasteiger partial charge in [-0.3, -0.25) is 0 Å². The Morgan fingerprint density at radius 3 is 2.60 bits per heavy atom. The maximum absolute atomic E-state index is 4.46. The summed E-state index contributed by atoms with van der Waals surface area (Å²) in [5.74, 6) is 0.798. The molecule has 0 N–H and O–H groups in total. The SMILES string of the molecule is Cc1ncc(C)c(-c2ccccc2Br)n1. The van der Waals surface area contributed by atoms with Crippen LogP contribution in [-0.4, -0.2) is 9.97 Å². The third-order valence-corrected chi connectivity index (χ3v) is 2.91. The average Bonchev–Trinajstić information content (AvgIpc) is 2.23. The lowest BCUT2D eigenvalue weighted by atomic mass is 10.1. The van der Waals surface area contributed by atoms with Gasteiger partial charge in [-0.25, -0.2) is 9.97 Å². The number of halogens is 1. The predicted octanol–water partition coefficient (Wildman–Crippen LogP) is 3.52. The molecule has 0 radical (unpaired) electrons. The van der Waals surface area contributed by atoms with Crippen LogP contribution in [0.15, 0.2) is 34.9 Å². The van der Waals surface area contributed by atoms with Gasteiger partial charge in [0.2, 0.25) is 0 Å². The fraction of sp³-hybridized carbons (Fsp3) is 0.167. The number of hydrogen-bond acceptors (Lipinski definition) is 2. The van der Waals surface area contributed by atoms with Crippen molar-refractivity contribution in [2.24, 2.45) is 0 Å². The summed E-state index contributed by atoms with van der Waals surface area (Å²) in [5.41, 5.74) is 3.20. The molecule has 0 aliphatic carbocycles. The minimum atomic E-state index is 0.798. The van der Waals surface area contributed by atoms with E-state index >= 15 is 0 Å². The molecule has 0 fully saturated rings. The van der Waals surface area contributed by atoms with Crippen LogP contribution in [-0.2, 0) is 0 Å². The molecule has 0 spiro atoms. The molecule has 76 valence electrons. The molecule has 0 saturated heterocycles. The molecule has 0 amide bonds. The summed E-state index contributed by atoms with van der Waals surface area (Å²) in [5, 5.41) is 0. The van der Waals surface area contributed by atoms with Crippen LogP contribution in [0.2, 0.25) is 0 Å². The first-order chi connectivity index (χ1) is 7.18. The average molecular weight is 263 g/mol. The van der Waals surface area contributed by atoms with E-state index in [1.807, 2.05) is 38.2 Å². The highest BCUT2D eigenvalue weighted by Crippen LogP contribution is 2.28. The Bertz CT molecular complexity index is 495. The number of aromatic nitrogens is 2. The van der Waals surface area contributed by atoms with Crippen molar-refractivity contribution < 1.29 is 0 Å². The zero-order valence-corrected chi connectivity index (χ0v) is 10.2. The molecule has 0 aliphatic rings. The van der Waals surface area contributed by atoms with Gasteiger partial charge in [0.25, 0.3) is 0 Å². The van der Waals surface area contributed by atoms with Crippen molar-refractivity contribution in [3.63, 3.8) is 0 Å². The van der Waals surface area contributed by atoms with Gasteiger partial charge in [0.15, 0.2) is 0 Å². The molecule has 1 heterocycles. The van der Waals surface area contributed by atoms with Crippen molar-refractivity contribution in [2.45, 2.75) is 13.8 Å². The van der Waals surface area contributed by atoms with Gasteiger partial charge in [0.05, 0.1) is 5.69 Å². The molecule has 0 saturated carbocycles. The lowest BCUT2D eigenvalue weighted by Gasteiger charge is -2.07. The maximum atomic E-state index is 4.46. The van der Waals surface area contributed by atoms with Crippen LogP contribution in [0, 0.1) is 13.8 Å². The lowest BCUT2D eigenvalue weighted by molar-refractivity contribution is 1.04. The third-order valence-electron chi connectivity index (χ3n) is 2.22. The van der Waals surface area contributed by atoms with E-state index in [9.17, 15) is 0 Å². The first kappa shape index (κ1) is 10.3. The highest BCUT2D eigenvalue weighted by Gasteiger charge is 2.07. The second-order valence-electron chi connectivity index (χ2n) is 3.43. The van der Waals surface area contributed by atoms with Crippen LogP contribution in [0.25, 0.3) is 11.3 Å². The highest BCUT2D eigenvalue weighted by atomic mass is 79.9. The van der Waals surface area contributed by atoms with E-state index in [-0.39, 0.29) is 0 Å². The van der Waals surface area contributed by atoms with Gasteiger partial charge in [-0.15, -0.1) is 0 Å². The van der Waals surface area contributed by atoms with Crippen LogP contribution in [0.4, 0.5) is 0 Å². The number of benzene rings is 1. The van der Waals surface area contributed by atoms with Crippen molar-refractivity contribution in [3.8, 4) is 11.3 Å². The van der Waals surface area contributed by atoms with E-state index < -0.39 is 0 Å². The minimum Gasteiger partial charge on any atom is -0.241 e. The maximum Gasteiger partial charge on any atom is 0.125 e. The van der Waals surface area contributed by atoms with Crippen LogP contribution < -0.4 is 0 Å². The Kier molecular flexibility index (Phi) is 2.82. The first-order valence-corrected chi connectivity index (χ1v) is 5.53. The summed E-state index contributed by atoms with van der Waals surface area (Å²) in [4.78, 5) is 8.63. The topological polar surface area (TPSA) is 25.8 Å². The fourth-order valence-electron chi connectivity index (χ4n) is 1.46. The number of aryl methyl sites for hydroxylation is 2. The molecule has 15 heavy (non-hydrogen) atoms. The van der Waals surface area contributed by atoms with E-state index in [0.717, 1.165) is 27.1 Å². The predicted molar refractivity (Wildman–Crippen MR) is 64.6 cm³/mol. The Hall–Kier alpha value is -1.22. The normalized spacial score (nSPS) is 10.3. The van der Waals surface area contributed by atoms with Gasteiger partial charge in [-0.1, -0.05) is 34.1 Å². The molecule has 2 aromatic rings. The Labute approximate surface area is 97.5 Å². The Balaban J connectivity index is 2.64. The molecule has 0 unspecified atom stereocenters. The summed E-state index contributed by atoms with van der Waals surface area (Å²) in [6, 6.07) is 8.08. The monoisotopic (exact) mass is 262 g/mol. The molecule has 3 heteroatoms. The Morgan fingerprint density at radius 2 is 1.87 bits per heavy atom. The molecule has 0 bridgehead atoms. The third kappa shape index (κ3) is 2.07. The van der Waals surface area contributed by atoms with E-state index in [1.165, 1.54) is 0 Å². The van der Waals surface area contributed by atoms with Gasteiger partial charge < -0.3 is 0 Å². The minimum absolute atomic E-state index is 0.798. The second-order valence-corrected chi connectivity index (χ2v) is 4.28. The molecule has 1 aromatic heterocycles. The van der Waals surface area contributed by atoms with Gasteiger partial charge in [-0.05, 0) is 25.5 Å². The summed E-state index contributed by atoms with van der Waals surface area (Å²) < 4.78 is 1.06. The van der Waals surface area contributed by atoms with Gasteiger partial charge in [0, 0.05) is 16.2 Å². The van der Waals surface area contributed by atoms with Crippen molar-refractivity contribution in [2.75, 3.05) is 0 Å². The quantitative estimate of drug-likeness (QED) is 0.786. The van der Waals surface area contributed by atoms with Crippen LogP contribution in [0.3, 0.4) is 0 Å². The zero-order chi connectivity index (χ0) is 10.8. The van der Waals surface area contributed by atoms with Gasteiger partial charge in [-0.2, -0.15) is 0 Å². The largest absolute Gasteiger partial charge is 0.241 e. The summed E-state index contributed by atoms with van der Waals surface area (Å²) in [6.07, 6.45) is 1.86. The summed E-state index contributed by atoms with van der Waals surface area (Å²) >= 11 is 3.53. The van der Waals surface area contributed by atoms with Gasteiger partial charge in [0.1, 0.15) is 5.82 Å². The van der Waals surface area contributed by atoms with Crippen LogP contribution in [0.5, 0.6) is 0 Å².